The summed E-state index contributed by atoms with van der Waals surface area (Å²) in [7, 11) is -2.65. The molecule has 0 spiro atoms. The number of hydrogen-bond acceptors (Lipinski definition) is 6. The highest BCUT2D eigenvalue weighted by atomic mass is 32.2. The lowest BCUT2D eigenvalue weighted by Gasteiger charge is -2.10. The minimum atomic E-state index is -3.96. The number of sulfone groups is 1. The zero-order chi connectivity index (χ0) is 23.1. The molecule has 0 bridgehead atoms. The van der Waals surface area contributed by atoms with E-state index in [9.17, 15) is 18.5 Å². The molecule has 0 aliphatic heterocycles. The standard InChI is InChI=1S/C25H21NO5S/c1-18-7-13-22(14-8-18)32(28,29)23(16-26)15-21-5-3-4-6-24(21)31-17-19-9-11-20(12-10-19)25(27)30-2/h3-15H,17H2,1-2H3. The van der Waals surface area contributed by atoms with Gasteiger partial charge >= 0.3 is 5.97 Å². The van der Waals surface area contributed by atoms with E-state index < -0.39 is 15.8 Å². The number of nitrogens with zero attached hydrogens (tertiary/aromatic N) is 1. The lowest BCUT2D eigenvalue weighted by molar-refractivity contribution is 0.0600. The number of allylic oxidation sites excluding steroid dienone is 1. The van der Waals surface area contributed by atoms with Gasteiger partial charge in [-0.1, -0.05) is 48.0 Å². The molecule has 0 amide bonds. The second-order valence-corrected chi connectivity index (χ2v) is 8.87. The molecule has 0 aliphatic rings. The Morgan fingerprint density at radius 3 is 2.28 bits per heavy atom. The molecular weight excluding hydrogens is 426 g/mol. The minimum absolute atomic E-state index is 0.0556. The Kier molecular flexibility index (Phi) is 7.08. The summed E-state index contributed by atoms with van der Waals surface area (Å²) in [6.45, 7) is 2.05. The highest BCUT2D eigenvalue weighted by Crippen LogP contribution is 2.26. The molecule has 162 valence electrons. The van der Waals surface area contributed by atoms with Crippen LogP contribution in [0.25, 0.3) is 6.08 Å². The van der Waals surface area contributed by atoms with E-state index in [1.807, 2.05) is 6.92 Å². The van der Waals surface area contributed by atoms with Crippen LogP contribution in [0.4, 0.5) is 0 Å². The van der Waals surface area contributed by atoms with Crippen molar-refractivity contribution in [3.05, 3.63) is 100.0 Å². The SMILES string of the molecule is COC(=O)c1ccc(COc2ccccc2C=C(C#N)S(=O)(=O)c2ccc(C)cc2)cc1. The molecule has 32 heavy (non-hydrogen) atoms. The molecule has 0 saturated heterocycles. The summed E-state index contributed by atoms with van der Waals surface area (Å²) in [6, 6.07) is 21.8. The maximum atomic E-state index is 12.9. The first kappa shape index (κ1) is 22.8. The van der Waals surface area contributed by atoms with Gasteiger partial charge < -0.3 is 9.47 Å². The molecule has 0 N–H and O–H groups in total. The summed E-state index contributed by atoms with van der Waals surface area (Å²) in [5.41, 5.74) is 2.62. The Balaban J connectivity index is 1.85. The van der Waals surface area contributed by atoms with E-state index in [1.54, 1.807) is 66.7 Å². The maximum absolute atomic E-state index is 12.9. The minimum Gasteiger partial charge on any atom is -0.488 e. The number of methoxy groups -OCH3 is 1. The zero-order valence-electron chi connectivity index (χ0n) is 17.6. The third-order valence-corrected chi connectivity index (χ3v) is 6.39. The molecule has 0 atom stereocenters. The fourth-order valence-corrected chi connectivity index (χ4v) is 4.05. The fourth-order valence-electron chi connectivity index (χ4n) is 2.90. The second-order valence-electron chi connectivity index (χ2n) is 6.95. The van der Waals surface area contributed by atoms with Crippen molar-refractivity contribution in [1.82, 2.24) is 0 Å². The predicted octanol–water partition coefficient (Wildman–Crippen LogP) is 4.70. The van der Waals surface area contributed by atoms with Gasteiger partial charge in [-0.05, 0) is 48.9 Å². The summed E-state index contributed by atoms with van der Waals surface area (Å²) < 4.78 is 36.4. The van der Waals surface area contributed by atoms with Crippen molar-refractivity contribution in [1.29, 1.82) is 5.26 Å². The van der Waals surface area contributed by atoms with E-state index in [0.29, 0.717) is 16.9 Å². The van der Waals surface area contributed by atoms with Crippen LogP contribution in [0.2, 0.25) is 0 Å². The van der Waals surface area contributed by atoms with Gasteiger partial charge in [-0.3, -0.25) is 0 Å². The third kappa shape index (κ3) is 5.23. The van der Waals surface area contributed by atoms with E-state index >= 15 is 0 Å². The first-order chi connectivity index (χ1) is 15.3. The van der Waals surface area contributed by atoms with Gasteiger partial charge in [0.05, 0.1) is 17.6 Å². The van der Waals surface area contributed by atoms with Crippen molar-refractivity contribution >= 4 is 21.9 Å². The fraction of sp³-hybridized carbons (Fsp3) is 0.120. The molecular formula is C25H21NO5S. The summed E-state index contributed by atoms with van der Waals surface area (Å²) >= 11 is 0. The Morgan fingerprint density at radius 2 is 1.66 bits per heavy atom. The first-order valence-electron chi connectivity index (χ1n) is 9.68. The molecule has 0 unspecified atom stereocenters. The smallest absolute Gasteiger partial charge is 0.337 e. The van der Waals surface area contributed by atoms with Crippen LogP contribution >= 0.6 is 0 Å². The van der Waals surface area contributed by atoms with Crippen LogP contribution in [0.15, 0.2) is 82.6 Å². The average Bonchev–Trinajstić information content (AvgIpc) is 2.81. The van der Waals surface area contributed by atoms with E-state index in [4.69, 9.17) is 4.74 Å². The highest BCUT2D eigenvalue weighted by molar-refractivity contribution is 7.95. The third-order valence-electron chi connectivity index (χ3n) is 4.71. The molecule has 3 aromatic rings. The second kappa shape index (κ2) is 9.94. The van der Waals surface area contributed by atoms with Crippen molar-refractivity contribution in [2.75, 3.05) is 7.11 Å². The topological polar surface area (TPSA) is 93.5 Å². The zero-order valence-corrected chi connectivity index (χ0v) is 18.4. The Bertz CT molecular complexity index is 1290. The quantitative estimate of drug-likeness (QED) is 0.385. The van der Waals surface area contributed by atoms with Gasteiger partial charge in [-0.2, -0.15) is 5.26 Å². The lowest BCUT2D eigenvalue weighted by Crippen LogP contribution is -2.04. The van der Waals surface area contributed by atoms with Gasteiger partial charge in [0.2, 0.25) is 9.84 Å². The number of ether oxygens (including phenoxy) is 2. The Labute approximate surface area is 187 Å². The molecule has 0 saturated carbocycles. The van der Waals surface area contributed by atoms with E-state index in [-0.39, 0.29) is 16.4 Å². The van der Waals surface area contributed by atoms with Crippen LogP contribution in [0.1, 0.15) is 27.0 Å². The summed E-state index contributed by atoms with van der Waals surface area (Å²) in [5.74, 6) is 0.00294. The van der Waals surface area contributed by atoms with Gasteiger partial charge in [0.15, 0.2) is 0 Å². The molecule has 7 heteroatoms. The molecule has 3 rings (SSSR count). The van der Waals surface area contributed by atoms with Crippen molar-refractivity contribution < 1.29 is 22.7 Å². The number of nitriles is 1. The van der Waals surface area contributed by atoms with Crippen LogP contribution < -0.4 is 4.74 Å². The predicted molar refractivity (Wildman–Crippen MR) is 121 cm³/mol. The maximum Gasteiger partial charge on any atom is 0.337 e. The monoisotopic (exact) mass is 447 g/mol. The van der Waals surface area contributed by atoms with Crippen molar-refractivity contribution in [2.24, 2.45) is 0 Å². The summed E-state index contributed by atoms with van der Waals surface area (Å²) in [4.78, 5) is 11.2. The number of esters is 1. The van der Waals surface area contributed by atoms with E-state index in [2.05, 4.69) is 4.74 Å². The molecule has 3 aromatic carbocycles. The van der Waals surface area contributed by atoms with Crippen molar-refractivity contribution in [3.63, 3.8) is 0 Å². The van der Waals surface area contributed by atoms with Crippen LogP contribution in [-0.2, 0) is 21.2 Å². The summed E-state index contributed by atoms with van der Waals surface area (Å²) in [5, 5.41) is 9.55. The number of benzene rings is 3. The van der Waals surface area contributed by atoms with Crippen LogP contribution in [0.5, 0.6) is 5.75 Å². The normalized spacial score (nSPS) is 11.5. The lowest BCUT2D eigenvalue weighted by atomic mass is 10.1. The average molecular weight is 448 g/mol. The van der Waals surface area contributed by atoms with Gasteiger partial charge in [0.1, 0.15) is 23.3 Å². The van der Waals surface area contributed by atoms with Crippen molar-refractivity contribution in [2.45, 2.75) is 18.4 Å². The molecule has 0 fully saturated rings. The van der Waals surface area contributed by atoms with E-state index in [0.717, 1.165) is 11.1 Å². The Morgan fingerprint density at radius 1 is 1.00 bits per heavy atom. The number of rotatable bonds is 7. The van der Waals surface area contributed by atoms with Gasteiger partial charge in [-0.25, -0.2) is 13.2 Å². The van der Waals surface area contributed by atoms with Crippen molar-refractivity contribution in [3.8, 4) is 11.8 Å². The van der Waals surface area contributed by atoms with E-state index in [1.165, 1.54) is 25.3 Å². The molecule has 0 aliphatic carbocycles. The highest BCUT2D eigenvalue weighted by Gasteiger charge is 2.21. The number of aryl methyl sites for hydroxylation is 1. The van der Waals surface area contributed by atoms with Crippen LogP contribution in [-0.4, -0.2) is 21.5 Å². The molecule has 0 heterocycles. The number of hydrogen-bond donors (Lipinski definition) is 0. The van der Waals surface area contributed by atoms with Gasteiger partial charge in [-0.15, -0.1) is 0 Å². The number of para-hydroxylation sites is 1. The number of carbonyl (C=O) groups is 1. The molecule has 0 radical (unpaired) electrons. The van der Waals surface area contributed by atoms with Crippen LogP contribution in [0.3, 0.4) is 0 Å². The first-order valence-corrected chi connectivity index (χ1v) is 11.2. The largest absolute Gasteiger partial charge is 0.488 e. The molecule has 0 aromatic heterocycles. The summed E-state index contributed by atoms with van der Waals surface area (Å²) in [6.07, 6.45) is 1.31. The Hall–Kier alpha value is -3.89. The van der Waals surface area contributed by atoms with Gasteiger partial charge in [0, 0.05) is 5.56 Å². The van der Waals surface area contributed by atoms with Gasteiger partial charge in [0.25, 0.3) is 0 Å². The number of carbonyl (C=O) groups excluding carboxylic acids is 1. The molecule has 6 nitrogen and oxygen atoms in total. The van der Waals surface area contributed by atoms with Crippen LogP contribution in [0, 0.1) is 18.3 Å².